The number of halogens is 1. The summed E-state index contributed by atoms with van der Waals surface area (Å²) in [4.78, 5) is 22.5. The number of nitrogens with zero attached hydrogens (tertiary/aromatic N) is 4. The zero-order valence-corrected chi connectivity index (χ0v) is 18.4. The van der Waals surface area contributed by atoms with Crippen LogP contribution in [0.15, 0.2) is 9.52 Å². The van der Waals surface area contributed by atoms with E-state index in [0.717, 1.165) is 18.9 Å². The van der Waals surface area contributed by atoms with Crippen LogP contribution in [0.3, 0.4) is 0 Å². The molecule has 1 unspecified atom stereocenters. The predicted octanol–water partition coefficient (Wildman–Crippen LogP) is 1.71. The van der Waals surface area contributed by atoms with Gasteiger partial charge in [0.2, 0.25) is 5.89 Å². The Morgan fingerprint density at radius 3 is 2.77 bits per heavy atom. The molecule has 9 nitrogen and oxygen atoms in total. The zero-order valence-electron chi connectivity index (χ0n) is 16.0. The molecule has 26 heavy (non-hydrogen) atoms. The molecule has 0 bridgehead atoms. The number of rotatable bonds is 4. The van der Waals surface area contributed by atoms with Crippen molar-refractivity contribution in [1.82, 2.24) is 25.7 Å². The van der Waals surface area contributed by atoms with Gasteiger partial charge in [-0.3, -0.25) is 4.99 Å². The number of aromatic nitrogens is 2. The Morgan fingerprint density at radius 1 is 1.46 bits per heavy atom. The average Bonchev–Trinajstić information content (AvgIpc) is 3.11. The molecule has 148 valence electrons. The maximum Gasteiger partial charge on any atom is 0.407 e. The van der Waals surface area contributed by atoms with Crippen LogP contribution in [-0.4, -0.2) is 65.4 Å². The molecule has 0 saturated carbocycles. The Morgan fingerprint density at radius 2 is 2.19 bits per heavy atom. The number of likely N-dealkylation sites (tertiary alicyclic amines) is 1. The van der Waals surface area contributed by atoms with Gasteiger partial charge in [-0.1, -0.05) is 5.16 Å². The Hall–Kier alpha value is -1.59. The fourth-order valence-electron chi connectivity index (χ4n) is 2.60. The van der Waals surface area contributed by atoms with E-state index in [-0.39, 0.29) is 36.1 Å². The summed E-state index contributed by atoms with van der Waals surface area (Å²) >= 11 is 0. The molecule has 0 aliphatic carbocycles. The number of amides is 1. The number of alkyl carbamates (subject to hydrolysis) is 1. The maximum atomic E-state index is 11.9. The van der Waals surface area contributed by atoms with Crippen molar-refractivity contribution in [1.29, 1.82) is 0 Å². The summed E-state index contributed by atoms with van der Waals surface area (Å²) in [5.74, 6) is 2.03. The zero-order chi connectivity index (χ0) is 18.4. The highest BCUT2D eigenvalue weighted by molar-refractivity contribution is 14.0. The molecule has 2 rings (SSSR count). The molecular weight excluding hydrogens is 451 g/mol. The lowest BCUT2D eigenvalue weighted by atomic mass is 10.2. The Bertz CT molecular complexity index is 613. The summed E-state index contributed by atoms with van der Waals surface area (Å²) in [7, 11) is 1.74. The molecule has 1 aliphatic heterocycles. The highest BCUT2D eigenvalue weighted by Gasteiger charge is 2.27. The van der Waals surface area contributed by atoms with Crippen LogP contribution < -0.4 is 10.6 Å². The maximum absolute atomic E-state index is 11.9. The molecule has 1 fully saturated rings. The van der Waals surface area contributed by atoms with Gasteiger partial charge < -0.3 is 24.8 Å². The van der Waals surface area contributed by atoms with Crippen LogP contribution in [0.1, 0.15) is 38.9 Å². The summed E-state index contributed by atoms with van der Waals surface area (Å²) in [6, 6.07) is 0.0481. The molecule has 0 spiro atoms. The molecule has 1 atom stereocenters. The molecule has 1 saturated heterocycles. The molecule has 0 radical (unpaired) electrons. The summed E-state index contributed by atoms with van der Waals surface area (Å²) in [5, 5.41) is 9.96. The number of hydrogen-bond acceptors (Lipinski definition) is 6. The number of aliphatic imine (C=N–C) groups is 1. The Kier molecular flexibility index (Phi) is 8.57. The van der Waals surface area contributed by atoms with Gasteiger partial charge in [-0.05, 0) is 34.1 Å². The molecule has 0 aromatic carbocycles. The molecule has 2 heterocycles. The van der Waals surface area contributed by atoms with Gasteiger partial charge in [0.15, 0.2) is 11.8 Å². The molecular formula is C16H29IN6O3. The topological polar surface area (TPSA) is 105 Å². The molecule has 2 N–H and O–H groups in total. The van der Waals surface area contributed by atoms with Crippen LogP contribution in [0.25, 0.3) is 0 Å². The molecule has 1 amide bonds. The lowest BCUT2D eigenvalue weighted by Crippen LogP contribution is -2.44. The van der Waals surface area contributed by atoms with Gasteiger partial charge in [0.1, 0.15) is 5.60 Å². The van der Waals surface area contributed by atoms with Crippen LogP contribution in [0, 0.1) is 6.92 Å². The third-order valence-electron chi connectivity index (χ3n) is 3.61. The van der Waals surface area contributed by atoms with E-state index in [1.165, 1.54) is 0 Å². The van der Waals surface area contributed by atoms with Crippen LogP contribution in [0.4, 0.5) is 4.79 Å². The van der Waals surface area contributed by atoms with Gasteiger partial charge >= 0.3 is 6.09 Å². The summed E-state index contributed by atoms with van der Waals surface area (Å²) in [6.07, 6.45) is 1.10. The fraction of sp³-hybridized carbons (Fsp3) is 0.750. The number of ether oxygens (including phenoxy) is 1. The quantitative estimate of drug-likeness (QED) is 0.384. The van der Waals surface area contributed by atoms with Crippen molar-refractivity contribution in [2.45, 2.75) is 52.2 Å². The van der Waals surface area contributed by atoms with Crippen molar-refractivity contribution in [2.24, 2.45) is 4.99 Å². The van der Waals surface area contributed by atoms with Gasteiger partial charge in [0, 0.05) is 33.1 Å². The fourth-order valence-corrected chi connectivity index (χ4v) is 2.60. The van der Waals surface area contributed by atoms with Crippen LogP contribution in [0.5, 0.6) is 0 Å². The van der Waals surface area contributed by atoms with E-state index < -0.39 is 5.60 Å². The van der Waals surface area contributed by atoms with Gasteiger partial charge in [-0.2, -0.15) is 4.98 Å². The van der Waals surface area contributed by atoms with Crippen LogP contribution >= 0.6 is 24.0 Å². The number of nitrogens with one attached hydrogen (secondary N) is 2. The first kappa shape index (κ1) is 22.5. The van der Waals surface area contributed by atoms with Crippen molar-refractivity contribution in [3.8, 4) is 0 Å². The minimum absolute atomic E-state index is 0. The van der Waals surface area contributed by atoms with Gasteiger partial charge in [0.05, 0.1) is 6.04 Å². The lowest BCUT2D eigenvalue weighted by molar-refractivity contribution is 0.0507. The van der Waals surface area contributed by atoms with Gasteiger partial charge in [-0.25, -0.2) is 4.79 Å². The van der Waals surface area contributed by atoms with Gasteiger partial charge in [0.25, 0.3) is 0 Å². The second-order valence-electron chi connectivity index (χ2n) is 7.04. The first-order valence-corrected chi connectivity index (χ1v) is 8.51. The first-order valence-electron chi connectivity index (χ1n) is 8.51. The highest BCUT2D eigenvalue weighted by Crippen LogP contribution is 2.12. The van der Waals surface area contributed by atoms with E-state index in [4.69, 9.17) is 9.26 Å². The predicted molar refractivity (Wildman–Crippen MR) is 109 cm³/mol. The van der Waals surface area contributed by atoms with E-state index in [0.29, 0.717) is 31.2 Å². The smallest absolute Gasteiger partial charge is 0.407 e. The molecule has 1 aromatic rings. The van der Waals surface area contributed by atoms with Crippen molar-refractivity contribution in [2.75, 3.05) is 26.7 Å². The third-order valence-corrected chi connectivity index (χ3v) is 3.61. The van der Waals surface area contributed by atoms with E-state index in [9.17, 15) is 4.79 Å². The van der Waals surface area contributed by atoms with Gasteiger partial charge in [-0.15, -0.1) is 24.0 Å². The number of guanidine groups is 1. The molecule has 1 aromatic heterocycles. The molecule has 1 aliphatic rings. The van der Waals surface area contributed by atoms with Crippen LogP contribution in [0.2, 0.25) is 0 Å². The SMILES string of the molecule is CN=C(NCCc1nc(C)no1)N1CCC(NC(=O)OC(C)(C)C)C1.I. The first-order chi connectivity index (χ1) is 11.8. The summed E-state index contributed by atoms with van der Waals surface area (Å²) in [5.41, 5.74) is -0.493. The number of carbonyl (C=O) groups is 1. The number of hydrogen-bond donors (Lipinski definition) is 2. The van der Waals surface area contributed by atoms with E-state index >= 15 is 0 Å². The minimum atomic E-state index is -0.493. The van der Waals surface area contributed by atoms with Crippen molar-refractivity contribution in [3.63, 3.8) is 0 Å². The highest BCUT2D eigenvalue weighted by atomic mass is 127. The monoisotopic (exact) mass is 480 g/mol. The van der Waals surface area contributed by atoms with Crippen LogP contribution in [-0.2, 0) is 11.2 Å². The normalized spacial score (nSPS) is 17.7. The lowest BCUT2D eigenvalue weighted by Gasteiger charge is -2.23. The van der Waals surface area contributed by atoms with E-state index in [1.807, 2.05) is 20.8 Å². The number of aryl methyl sites for hydroxylation is 1. The van der Waals surface area contributed by atoms with Crippen molar-refractivity contribution >= 4 is 36.0 Å². The Balaban J connectivity index is 0.00000338. The standard InChI is InChI=1S/C16H28N6O3.HI/c1-11-19-13(25-21-11)6-8-18-14(17-5)22-9-7-12(10-22)20-15(23)24-16(2,3)4;/h12H,6-10H2,1-5H3,(H,17,18)(H,20,23);1H. The van der Waals surface area contributed by atoms with E-state index in [2.05, 4.69) is 30.7 Å². The van der Waals surface area contributed by atoms with Crippen molar-refractivity contribution in [3.05, 3.63) is 11.7 Å². The second kappa shape index (κ2) is 9.93. The number of carbonyl (C=O) groups excluding carboxylic acids is 1. The summed E-state index contributed by atoms with van der Waals surface area (Å²) < 4.78 is 10.4. The second-order valence-corrected chi connectivity index (χ2v) is 7.04. The molecule has 10 heteroatoms. The largest absolute Gasteiger partial charge is 0.444 e. The summed E-state index contributed by atoms with van der Waals surface area (Å²) in [6.45, 7) is 9.51. The average molecular weight is 480 g/mol. The third kappa shape index (κ3) is 7.34. The van der Waals surface area contributed by atoms with E-state index in [1.54, 1.807) is 14.0 Å². The Labute approximate surface area is 171 Å². The van der Waals surface area contributed by atoms with Crippen molar-refractivity contribution < 1.29 is 14.1 Å². The minimum Gasteiger partial charge on any atom is -0.444 e.